The summed E-state index contributed by atoms with van der Waals surface area (Å²) in [6, 6.07) is 14.8. The maximum Gasteiger partial charge on any atom is 0.274 e. The van der Waals surface area contributed by atoms with E-state index in [0.717, 1.165) is 17.5 Å². The van der Waals surface area contributed by atoms with Gasteiger partial charge in [0.05, 0.1) is 0 Å². The number of aryl methyl sites for hydroxylation is 2. The molecule has 3 rings (SSSR count). The zero-order valence-corrected chi connectivity index (χ0v) is 15.5. The first-order chi connectivity index (χ1) is 13.1. The number of carbonyl (C=O) groups excluding carboxylic acids is 1. The van der Waals surface area contributed by atoms with Gasteiger partial charge in [-0.3, -0.25) is 14.6 Å². The van der Waals surface area contributed by atoms with Gasteiger partial charge in [-0.05, 0) is 35.2 Å². The molecule has 1 amide bonds. The molecule has 0 atom stereocenters. The van der Waals surface area contributed by atoms with Crippen LogP contribution in [0.4, 0.5) is 0 Å². The fourth-order valence-corrected chi connectivity index (χ4v) is 2.79. The highest BCUT2D eigenvalue weighted by atomic mass is 16.2. The van der Waals surface area contributed by atoms with Crippen LogP contribution in [-0.4, -0.2) is 25.6 Å². The molecule has 138 valence electrons. The monoisotopic (exact) mass is 362 g/mol. The molecule has 0 aliphatic heterocycles. The van der Waals surface area contributed by atoms with Gasteiger partial charge in [-0.1, -0.05) is 37.3 Å². The fraction of sp³-hybridized carbons (Fsp3) is 0.238. The zero-order chi connectivity index (χ0) is 19.2. The van der Waals surface area contributed by atoms with Crippen LogP contribution in [0.25, 0.3) is 0 Å². The Morgan fingerprint density at radius 1 is 1.00 bits per heavy atom. The molecule has 3 aromatic rings. The molecule has 0 N–H and O–H groups in total. The Morgan fingerprint density at radius 3 is 2.33 bits per heavy atom. The van der Waals surface area contributed by atoms with Crippen molar-refractivity contribution in [2.45, 2.75) is 26.4 Å². The van der Waals surface area contributed by atoms with Gasteiger partial charge in [-0.15, -0.1) is 0 Å². The van der Waals surface area contributed by atoms with E-state index in [9.17, 15) is 9.59 Å². The van der Waals surface area contributed by atoms with Crippen LogP contribution in [0.15, 0.2) is 65.7 Å². The first-order valence-corrected chi connectivity index (χ1v) is 8.87. The second-order valence-corrected chi connectivity index (χ2v) is 6.37. The van der Waals surface area contributed by atoms with Gasteiger partial charge in [0.15, 0.2) is 0 Å². The molecule has 2 heterocycles. The van der Waals surface area contributed by atoms with Crippen LogP contribution in [0, 0.1) is 0 Å². The Labute approximate surface area is 158 Å². The Morgan fingerprint density at radius 2 is 1.70 bits per heavy atom. The van der Waals surface area contributed by atoms with E-state index in [4.69, 9.17) is 0 Å². The largest absolute Gasteiger partial charge is 0.329 e. The molecule has 2 aromatic heterocycles. The highest BCUT2D eigenvalue weighted by Crippen LogP contribution is 2.14. The first kappa shape index (κ1) is 18.5. The Hall–Kier alpha value is -3.28. The smallest absolute Gasteiger partial charge is 0.274 e. The van der Waals surface area contributed by atoms with Crippen LogP contribution >= 0.6 is 0 Å². The van der Waals surface area contributed by atoms with Gasteiger partial charge >= 0.3 is 0 Å². The van der Waals surface area contributed by atoms with E-state index in [1.54, 1.807) is 17.3 Å². The van der Waals surface area contributed by atoms with Crippen LogP contribution in [0.1, 0.15) is 34.1 Å². The Balaban J connectivity index is 1.88. The van der Waals surface area contributed by atoms with Crippen molar-refractivity contribution in [3.8, 4) is 0 Å². The third kappa shape index (κ3) is 4.67. The molecule has 0 fully saturated rings. The number of carbonyl (C=O) groups is 1. The maximum absolute atomic E-state index is 13.1. The van der Waals surface area contributed by atoms with E-state index in [1.807, 2.05) is 24.3 Å². The minimum Gasteiger partial charge on any atom is -0.329 e. The van der Waals surface area contributed by atoms with E-state index in [2.05, 4.69) is 29.1 Å². The third-order valence-corrected chi connectivity index (χ3v) is 4.37. The summed E-state index contributed by atoms with van der Waals surface area (Å²) in [5.41, 5.74) is 3.21. The highest BCUT2D eigenvalue weighted by molar-refractivity contribution is 5.92. The Bertz CT molecular complexity index is 965. The molecule has 0 saturated carbocycles. The maximum atomic E-state index is 13.1. The minimum atomic E-state index is -0.250. The fourth-order valence-electron chi connectivity index (χ4n) is 2.79. The van der Waals surface area contributed by atoms with Crippen molar-refractivity contribution in [1.29, 1.82) is 0 Å². The molecule has 0 spiro atoms. The van der Waals surface area contributed by atoms with Crippen LogP contribution in [0.5, 0.6) is 0 Å². The van der Waals surface area contributed by atoms with E-state index < -0.39 is 0 Å². The van der Waals surface area contributed by atoms with E-state index in [-0.39, 0.29) is 17.2 Å². The van der Waals surface area contributed by atoms with Gasteiger partial charge in [0, 0.05) is 38.6 Å². The average molecular weight is 362 g/mol. The summed E-state index contributed by atoms with van der Waals surface area (Å²) in [5, 5.41) is 4.10. The van der Waals surface area contributed by atoms with Crippen molar-refractivity contribution >= 4 is 5.91 Å². The van der Waals surface area contributed by atoms with Crippen molar-refractivity contribution in [2.75, 3.05) is 0 Å². The standard InChI is InChI=1S/C21H22N4O2/c1-3-16-6-8-17(9-7-16)14-25(15-18-5-4-12-22-13-18)21(27)19-10-11-20(26)24(2)23-19/h4-13H,3,14-15H2,1-2H3. The van der Waals surface area contributed by atoms with Crippen molar-refractivity contribution in [1.82, 2.24) is 19.7 Å². The summed E-state index contributed by atoms with van der Waals surface area (Å²) in [6.45, 7) is 2.97. The molecule has 6 heteroatoms. The SMILES string of the molecule is CCc1ccc(CN(Cc2cccnc2)C(=O)c2ccc(=O)n(C)n2)cc1. The average Bonchev–Trinajstić information content (AvgIpc) is 2.70. The van der Waals surface area contributed by atoms with E-state index in [1.165, 1.54) is 29.4 Å². The van der Waals surface area contributed by atoms with Gasteiger partial charge < -0.3 is 4.90 Å². The summed E-state index contributed by atoms with van der Waals surface area (Å²) in [7, 11) is 1.54. The van der Waals surface area contributed by atoms with E-state index in [0.29, 0.717) is 13.1 Å². The van der Waals surface area contributed by atoms with E-state index >= 15 is 0 Å². The van der Waals surface area contributed by atoms with Crippen molar-refractivity contribution < 1.29 is 4.79 Å². The van der Waals surface area contributed by atoms with Gasteiger partial charge in [0.25, 0.3) is 11.5 Å². The number of pyridine rings is 1. The molecule has 0 unspecified atom stereocenters. The molecule has 0 aliphatic carbocycles. The number of benzene rings is 1. The summed E-state index contributed by atoms with van der Waals surface area (Å²) in [5.74, 6) is -0.228. The molecule has 1 aromatic carbocycles. The molecule has 0 bridgehead atoms. The highest BCUT2D eigenvalue weighted by Gasteiger charge is 2.19. The van der Waals surface area contributed by atoms with Crippen LogP contribution in [0.2, 0.25) is 0 Å². The molecule has 0 saturated heterocycles. The van der Waals surface area contributed by atoms with Crippen molar-refractivity contribution in [2.24, 2.45) is 7.05 Å². The molecular weight excluding hydrogens is 340 g/mol. The predicted octanol–water partition coefficient (Wildman–Crippen LogP) is 2.58. The molecule has 0 radical (unpaired) electrons. The third-order valence-electron chi connectivity index (χ3n) is 4.37. The summed E-state index contributed by atoms with van der Waals surface area (Å²) in [6.07, 6.45) is 4.42. The minimum absolute atomic E-state index is 0.228. The van der Waals surface area contributed by atoms with Gasteiger partial charge in [-0.25, -0.2) is 4.68 Å². The van der Waals surface area contributed by atoms with Gasteiger partial charge in [0.1, 0.15) is 5.69 Å². The molecule has 6 nitrogen and oxygen atoms in total. The van der Waals surface area contributed by atoms with Crippen LogP contribution < -0.4 is 5.56 Å². The van der Waals surface area contributed by atoms with Crippen molar-refractivity contribution in [3.05, 3.63) is 93.7 Å². The zero-order valence-electron chi connectivity index (χ0n) is 15.5. The Kier molecular flexibility index (Phi) is 5.76. The lowest BCUT2D eigenvalue weighted by Gasteiger charge is -2.23. The number of hydrogen-bond donors (Lipinski definition) is 0. The van der Waals surface area contributed by atoms with Gasteiger partial charge in [0.2, 0.25) is 0 Å². The number of hydrogen-bond acceptors (Lipinski definition) is 4. The van der Waals surface area contributed by atoms with Crippen molar-refractivity contribution in [3.63, 3.8) is 0 Å². The lowest BCUT2D eigenvalue weighted by atomic mass is 10.1. The van der Waals surface area contributed by atoms with Gasteiger partial charge in [-0.2, -0.15) is 5.10 Å². The summed E-state index contributed by atoms with van der Waals surface area (Å²) in [4.78, 5) is 30.5. The quantitative estimate of drug-likeness (QED) is 0.676. The first-order valence-electron chi connectivity index (χ1n) is 8.87. The molecule has 27 heavy (non-hydrogen) atoms. The predicted molar refractivity (Wildman–Crippen MR) is 103 cm³/mol. The number of amides is 1. The van der Waals surface area contributed by atoms with Crippen LogP contribution in [0.3, 0.4) is 0 Å². The topological polar surface area (TPSA) is 68.1 Å². The van der Waals surface area contributed by atoms with Crippen LogP contribution in [-0.2, 0) is 26.6 Å². The lowest BCUT2D eigenvalue weighted by molar-refractivity contribution is 0.0721. The second-order valence-electron chi connectivity index (χ2n) is 6.37. The summed E-state index contributed by atoms with van der Waals surface area (Å²) >= 11 is 0. The molecule has 0 aliphatic rings. The normalized spacial score (nSPS) is 10.6. The molecular formula is C21H22N4O2. The number of rotatable bonds is 6. The number of nitrogens with zero attached hydrogens (tertiary/aromatic N) is 4. The summed E-state index contributed by atoms with van der Waals surface area (Å²) < 4.78 is 1.17. The lowest BCUT2D eigenvalue weighted by Crippen LogP contribution is -2.32. The number of aromatic nitrogens is 3. The second kappa shape index (κ2) is 8.40.